The van der Waals surface area contributed by atoms with Gasteiger partial charge in [-0.05, 0) is 30.2 Å². The molecule has 5 nitrogen and oxygen atoms in total. The number of nitrogens with one attached hydrogen (secondary N) is 2. The minimum Gasteiger partial charge on any atom is -0.496 e. The summed E-state index contributed by atoms with van der Waals surface area (Å²) in [6.07, 6.45) is 2.46. The molecule has 2 aromatic carbocycles. The summed E-state index contributed by atoms with van der Waals surface area (Å²) >= 11 is 0. The van der Waals surface area contributed by atoms with Crippen molar-refractivity contribution in [3.05, 3.63) is 59.8 Å². The van der Waals surface area contributed by atoms with Crippen LogP contribution in [0.3, 0.4) is 0 Å². The maximum absolute atomic E-state index is 12.2. The molecule has 0 aliphatic heterocycles. The van der Waals surface area contributed by atoms with Crippen LogP contribution in [-0.2, 0) is 6.42 Å². The number of fused-ring (bicyclic) bond motifs is 1. The number of methoxy groups -OCH3 is 1. The molecule has 0 bridgehead atoms. The fourth-order valence-electron chi connectivity index (χ4n) is 2.40. The molecule has 1 heterocycles. The van der Waals surface area contributed by atoms with Crippen molar-refractivity contribution in [3.63, 3.8) is 0 Å². The summed E-state index contributed by atoms with van der Waals surface area (Å²) in [5.74, 6) is 0.752. The Morgan fingerprint density at radius 1 is 1.27 bits per heavy atom. The molecule has 1 amide bonds. The third-order valence-corrected chi connectivity index (χ3v) is 3.58. The van der Waals surface area contributed by atoms with Gasteiger partial charge in [-0.25, -0.2) is 0 Å². The standard InChI is InChI=1S/C17H17N3O2/c1-22-16-5-3-2-4-12(16)8-9-18-17(21)13-6-7-14-11-19-20-15(14)10-13/h2-7,10-11H,8-9H2,1H3,(H,18,21)(H,19,20). The minimum absolute atomic E-state index is 0.0913. The Kier molecular flexibility index (Phi) is 4.05. The Bertz CT molecular complexity index is 795. The van der Waals surface area contributed by atoms with E-state index in [0.717, 1.165) is 28.6 Å². The number of aromatic amines is 1. The first-order valence-corrected chi connectivity index (χ1v) is 7.11. The van der Waals surface area contributed by atoms with Crippen molar-refractivity contribution >= 4 is 16.8 Å². The number of aromatic nitrogens is 2. The van der Waals surface area contributed by atoms with Gasteiger partial charge < -0.3 is 10.1 Å². The number of H-pyrrole nitrogens is 1. The summed E-state index contributed by atoms with van der Waals surface area (Å²) < 4.78 is 5.30. The van der Waals surface area contributed by atoms with Crippen LogP contribution in [0.1, 0.15) is 15.9 Å². The molecule has 3 rings (SSSR count). The van der Waals surface area contributed by atoms with E-state index in [1.54, 1.807) is 25.4 Å². The van der Waals surface area contributed by atoms with Crippen LogP contribution in [0.2, 0.25) is 0 Å². The molecule has 0 radical (unpaired) electrons. The van der Waals surface area contributed by atoms with Crippen LogP contribution in [0, 0.1) is 0 Å². The Hall–Kier alpha value is -2.82. The lowest BCUT2D eigenvalue weighted by Gasteiger charge is -2.09. The second-order valence-electron chi connectivity index (χ2n) is 4.99. The van der Waals surface area contributed by atoms with Gasteiger partial charge in [-0.3, -0.25) is 9.89 Å². The summed E-state index contributed by atoms with van der Waals surface area (Å²) in [6, 6.07) is 13.3. The van der Waals surface area contributed by atoms with Crippen molar-refractivity contribution in [2.45, 2.75) is 6.42 Å². The van der Waals surface area contributed by atoms with Crippen LogP contribution in [-0.4, -0.2) is 29.8 Å². The molecule has 0 unspecified atom stereocenters. The molecular formula is C17H17N3O2. The number of carbonyl (C=O) groups is 1. The number of para-hydroxylation sites is 1. The minimum atomic E-state index is -0.0913. The second kappa shape index (κ2) is 6.30. The lowest BCUT2D eigenvalue weighted by Crippen LogP contribution is -2.25. The van der Waals surface area contributed by atoms with Gasteiger partial charge in [0.2, 0.25) is 0 Å². The third-order valence-electron chi connectivity index (χ3n) is 3.58. The number of benzene rings is 2. The highest BCUT2D eigenvalue weighted by atomic mass is 16.5. The van der Waals surface area contributed by atoms with Crippen LogP contribution < -0.4 is 10.1 Å². The fraction of sp³-hybridized carbons (Fsp3) is 0.176. The number of rotatable bonds is 5. The fourth-order valence-corrected chi connectivity index (χ4v) is 2.40. The van der Waals surface area contributed by atoms with Gasteiger partial charge in [-0.1, -0.05) is 24.3 Å². The Morgan fingerprint density at radius 3 is 3.00 bits per heavy atom. The molecule has 2 N–H and O–H groups in total. The number of hydrogen-bond acceptors (Lipinski definition) is 3. The average molecular weight is 295 g/mol. The molecule has 0 spiro atoms. The first-order valence-electron chi connectivity index (χ1n) is 7.11. The lowest BCUT2D eigenvalue weighted by molar-refractivity contribution is 0.0954. The number of carbonyl (C=O) groups excluding carboxylic acids is 1. The molecule has 3 aromatic rings. The second-order valence-corrected chi connectivity index (χ2v) is 4.99. The van der Waals surface area contributed by atoms with Crippen LogP contribution in [0.25, 0.3) is 10.9 Å². The Balaban J connectivity index is 1.62. The maximum Gasteiger partial charge on any atom is 0.251 e. The molecule has 0 aliphatic rings. The molecule has 1 aromatic heterocycles. The number of amides is 1. The quantitative estimate of drug-likeness (QED) is 0.760. The van der Waals surface area contributed by atoms with Gasteiger partial charge in [0.1, 0.15) is 5.75 Å². The van der Waals surface area contributed by atoms with Gasteiger partial charge in [-0.2, -0.15) is 5.10 Å². The molecule has 22 heavy (non-hydrogen) atoms. The smallest absolute Gasteiger partial charge is 0.251 e. The first kappa shape index (κ1) is 14.1. The highest BCUT2D eigenvalue weighted by molar-refractivity contribution is 5.97. The normalized spacial score (nSPS) is 10.6. The SMILES string of the molecule is COc1ccccc1CCNC(=O)c1ccc2cn[nH]c2c1. The van der Waals surface area contributed by atoms with E-state index in [4.69, 9.17) is 4.74 Å². The molecular weight excluding hydrogens is 278 g/mol. The van der Waals surface area contributed by atoms with Gasteiger partial charge in [-0.15, -0.1) is 0 Å². The Morgan fingerprint density at radius 2 is 2.14 bits per heavy atom. The van der Waals surface area contributed by atoms with E-state index in [1.807, 2.05) is 30.3 Å². The summed E-state index contributed by atoms with van der Waals surface area (Å²) in [6.45, 7) is 0.556. The Labute approximate surface area is 128 Å². The largest absolute Gasteiger partial charge is 0.496 e. The molecule has 0 saturated heterocycles. The zero-order valence-electron chi connectivity index (χ0n) is 12.3. The van der Waals surface area contributed by atoms with Gasteiger partial charge in [0.15, 0.2) is 0 Å². The first-order chi connectivity index (χ1) is 10.8. The van der Waals surface area contributed by atoms with E-state index in [9.17, 15) is 4.79 Å². The molecule has 0 atom stereocenters. The van der Waals surface area contributed by atoms with Crippen molar-refractivity contribution in [2.24, 2.45) is 0 Å². The summed E-state index contributed by atoms with van der Waals surface area (Å²) in [7, 11) is 1.65. The van der Waals surface area contributed by atoms with Gasteiger partial charge in [0.05, 0.1) is 18.8 Å². The van der Waals surface area contributed by atoms with E-state index in [1.165, 1.54) is 0 Å². The van der Waals surface area contributed by atoms with Gasteiger partial charge in [0, 0.05) is 17.5 Å². The lowest BCUT2D eigenvalue weighted by atomic mass is 10.1. The van der Waals surface area contributed by atoms with E-state index in [0.29, 0.717) is 12.1 Å². The maximum atomic E-state index is 12.2. The molecule has 0 fully saturated rings. The predicted molar refractivity (Wildman–Crippen MR) is 85.1 cm³/mol. The highest BCUT2D eigenvalue weighted by Crippen LogP contribution is 2.17. The zero-order valence-corrected chi connectivity index (χ0v) is 12.3. The summed E-state index contributed by atoms with van der Waals surface area (Å²) in [5.41, 5.74) is 2.56. The number of ether oxygens (including phenoxy) is 1. The van der Waals surface area contributed by atoms with Crippen molar-refractivity contribution in [3.8, 4) is 5.75 Å². The van der Waals surface area contributed by atoms with Gasteiger partial charge in [0.25, 0.3) is 5.91 Å². The van der Waals surface area contributed by atoms with Crippen LogP contribution >= 0.6 is 0 Å². The van der Waals surface area contributed by atoms with E-state index < -0.39 is 0 Å². The van der Waals surface area contributed by atoms with Crippen molar-refractivity contribution < 1.29 is 9.53 Å². The number of hydrogen-bond donors (Lipinski definition) is 2. The molecule has 0 saturated carbocycles. The van der Waals surface area contributed by atoms with Crippen molar-refractivity contribution in [1.29, 1.82) is 0 Å². The zero-order chi connectivity index (χ0) is 15.4. The van der Waals surface area contributed by atoms with Crippen molar-refractivity contribution in [1.82, 2.24) is 15.5 Å². The van der Waals surface area contributed by atoms with Crippen LogP contribution in [0.5, 0.6) is 5.75 Å². The van der Waals surface area contributed by atoms with Crippen LogP contribution in [0.4, 0.5) is 0 Å². The van der Waals surface area contributed by atoms with Crippen LogP contribution in [0.15, 0.2) is 48.7 Å². The predicted octanol–water partition coefficient (Wildman–Crippen LogP) is 2.54. The summed E-state index contributed by atoms with van der Waals surface area (Å²) in [4.78, 5) is 12.2. The summed E-state index contributed by atoms with van der Waals surface area (Å²) in [5, 5.41) is 10.7. The molecule has 5 heteroatoms. The molecule has 112 valence electrons. The molecule has 0 aliphatic carbocycles. The van der Waals surface area contributed by atoms with E-state index in [-0.39, 0.29) is 5.91 Å². The topological polar surface area (TPSA) is 67.0 Å². The average Bonchev–Trinajstić information content (AvgIpc) is 3.02. The van der Waals surface area contributed by atoms with E-state index >= 15 is 0 Å². The van der Waals surface area contributed by atoms with Gasteiger partial charge >= 0.3 is 0 Å². The van der Waals surface area contributed by atoms with E-state index in [2.05, 4.69) is 15.5 Å². The number of nitrogens with zero attached hydrogens (tertiary/aromatic N) is 1. The highest BCUT2D eigenvalue weighted by Gasteiger charge is 2.07. The van der Waals surface area contributed by atoms with Crippen molar-refractivity contribution in [2.75, 3.05) is 13.7 Å². The monoisotopic (exact) mass is 295 g/mol. The third kappa shape index (κ3) is 2.93.